The van der Waals surface area contributed by atoms with Gasteiger partial charge in [0, 0.05) is 0 Å². The molecule has 0 heterocycles. The predicted octanol–water partition coefficient (Wildman–Crippen LogP) is 1.87. The number of nitrogens with one attached hydrogen (secondary N) is 1. The van der Waals surface area contributed by atoms with Gasteiger partial charge in [-0.05, 0) is 31.5 Å². The number of carbonyl (C=O) groups is 1. The molecule has 3 N–H and O–H groups in total. The van der Waals surface area contributed by atoms with E-state index in [0.717, 1.165) is 5.56 Å². The highest BCUT2D eigenvalue weighted by Crippen LogP contribution is 2.27. The summed E-state index contributed by atoms with van der Waals surface area (Å²) in [5.74, 6) is 0.456. The maximum atomic E-state index is 11.2. The van der Waals surface area contributed by atoms with Gasteiger partial charge in [-0.2, -0.15) is 0 Å². The average Bonchev–Trinajstić information content (AvgIpc) is 2.31. The van der Waals surface area contributed by atoms with E-state index >= 15 is 0 Å². The van der Waals surface area contributed by atoms with Gasteiger partial charge in [0.15, 0.2) is 0 Å². The molecule has 0 saturated heterocycles. The van der Waals surface area contributed by atoms with Gasteiger partial charge in [0.1, 0.15) is 5.75 Å². The van der Waals surface area contributed by atoms with Gasteiger partial charge in [0.05, 0.1) is 24.2 Å². The lowest BCUT2D eigenvalue weighted by atomic mass is 10.1. The monoisotopic (exact) mass is 256 g/mol. The number of ether oxygens (including phenoxy) is 1. The Kier molecular flexibility index (Phi) is 5.25. The smallest absolute Gasteiger partial charge is 0.234 e. The molecule has 0 aromatic heterocycles. The minimum absolute atomic E-state index is 0.0187. The van der Waals surface area contributed by atoms with Crippen molar-refractivity contribution in [1.82, 2.24) is 5.32 Å². The molecule has 1 atom stereocenters. The Bertz CT molecular complexity index is 396. The van der Waals surface area contributed by atoms with E-state index < -0.39 is 0 Å². The lowest BCUT2D eigenvalue weighted by molar-refractivity contribution is -0.120. The second-order valence-corrected chi connectivity index (χ2v) is 4.02. The van der Waals surface area contributed by atoms with Crippen LogP contribution in [-0.4, -0.2) is 19.1 Å². The molecule has 0 saturated carbocycles. The largest absolute Gasteiger partial charge is 0.492 e. The summed E-state index contributed by atoms with van der Waals surface area (Å²) in [6, 6.07) is 5.33. The fraction of sp³-hybridized carbons (Fsp3) is 0.417. The molecule has 1 rings (SSSR count). The Hall–Kier alpha value is -1.26. The van der Waals surface area contributed by atoms with Gasteiger partial charge in [0.2, 0.25) is 5.91 Å². The number of rotatable bonds is 5. The molecule has 0 aliphatic rings. The summed E-state index contributed by atoms with van der Waals surface area (Å²) in [4.78, 5) is 11.2. The van der Waals surface area contributed by atoms with Crippen LogP contribution in [0, 0.1) is 0 Å². The zero-order chi connectivity index (χ0) is 12.8. The molecule has 0 aliphatic carbocycles. The van der Waals surface area contributed by atoms with E-state index in [0.29, 0.717) is 17.4 Å². The number of hydrogen-bond donors (Lipinski definition) is 2. The zero-order valence-corrected chi connectivity index (χ0v) is 10.8. The third kappa shape index (κ3) is 3.91. The molecule has 1 aromatic rings. The van der Waals surface area contributed by atoms with Gasteiger partial charge < -0.3 is 15.8 Å². The second kappa shape index (κ2) is 6.47. The van der Waals surface area contributed by atoms with Crippen molar-refractivity contribution < 1.29 is 9.53 Å². The van der Waals surface area contributed by atoms with Gasteiger partial charge in [-0.1, -0.05) is 17.7 Å². The first-order chi connectivity index (χ1) is 8.08. The minimum Gasteiger partial charge on any atom is -0.492 e. The summed E-state index contributed by atoms with van der Waals surface area (Å²) in [6.45, 7) is 4.32. The van der Waals surface area contributed by atoms with Crippen molar-refractivity contribution in [3.8, 4) is 5.75 Å². The lowest BCUT2D eigenvalue weighted by Crippen LogP contribution is -2.32. The fourth-order valence-electron chi connectivity index (χ4n) is 1.44. The Labute approximate surface area is 106 Å². The van der Waals surface area contributed by atoms with Gasteiger partial charge in [-0.15, -0.1) is 0 Å². The van der Waals surface area contributed by atoms with E-state index in [9.17, 15) is 4.79 Å². The third-order valence-electron chi connectivity index (χ3n) is 2.32. The summed E-state index contributed by atoms with van der Waals surface area (Å²) < 4.78 is 5.33. The fourth-order valence-corrected chi connectivity index (χ4v) is 1.69. The molecular formula is C12H17ClN2O2. The first-order valence-corrected chi connectivity index (χ1v) is 5.88. The van der Waals surface area contributed by atoms with Crippen LogP contribution in [0.1, 0.15) is 25.5 Å². The Morgan fingerprint density at radius 2 is 2.29 bits per heavy atom. The number of carbonyl (C=O) groups excluding carboxylic acids is 1. The van der Waals surface area contributed by atoms with E-state index in [2.05, 4.69) is 5.32 Å². The minimum atomic E-state index is -0.192. The molecule has 1 unspecified atom stereocenters. The van der Waals surface area contributed by atoms with Crippen molar-refractivity contribution in [3.05, 3.63) is 28.8 Å². The van der Waals surface area contributed by atoms with E-state index in [1.54, 1.807) is 12.1 Å². The van der Waals surface area contributed by atoms with Crippen LogP contribution in [0.4, 0.5) is 0 Å². The van der Waals surface area contributed by atoms with Gasteiger partial charge in [-0.25, -0.2) is 0 Å². The van der Waals surface area contributed by atoms with E-state index in [1.165, 1.54) is 0 Å². The first-order valence-electron chi connectivity index (χ1n) is 5.50. The van der Waals surface area contributed by atoms with Gasteiger partial charge >= 0.3 is 0 Å². The molecule has 5 heteroatoms. The molecule has 0 radical (unpaired) electrons. The van der Waals surface area contributed by atoms with Crippen LogP contribution < -0.4 is 15.8 Å². The highest BCUT2D eigenvalue weighted by molar-refractivity contribution is 6.32. The van der Waals surface area contributed by atoms with Gasteiger partial charge in [-0.3, -0.25) is 4.79 Å². The maximum absolute atomic E-state index is 11.2. The van der Waals surface area contributed by atoms with Crippen LogP contribution in [0.3, 0.4) is 0 Å². The van der Waals surface area contributed by atoms with Crippen LogP contribution in [0.15, 0.2) is 18.2 Å². The topological polar surface area (TPSA) is 64.3 Å². The molecule has 17 heavy (non-hydrogen) atoms. The second-order valence-electron chi connectivity index (χ2n) is 3.62. The van der Waals surface area contributed by atoms with Gasteiger partial charge in [0.25, 0.3) is 0 Å². The normalized spacial score (nSPS) is 12.0. The van der Waals surface area contributed by atoms with Crippen LogP contribution in [-0.2, 0) is 4.79 Å². The predicted molar refractivity (Wildman–Crippen MR) is 68.2 cm³/mol. The van der Waals surface area contributed by atoms with Crippen LogP contribution >= 0.6 is 11.6 Å². The van der Waals surface area contributed by atoms with Crippen molar-refractivity contribution >= 4 is 17.5 Å². The Morgan fingerprint density at radius 1 is 1.59 bits per heavy atom. The summed E-state index contributed by atoms with van der Waals surface area (Å²) in [7, 11) is 0. The SMILES string of the molecule is CCOc1ccc(C(C)NC(=O)CN)cc1Cl. The number of benzene rings is 1. The number of hydrogen-bond acceptors (Lipinski definition) is 3. The van der Waals surface area contributed by atoms with Crippen LogP contribution in [0.5, 0.6) is 5.75 Å². The number of amides is 1. The molecule has 0 fully saturated rings. The molecule has 1 aromatic carbocycles. The van der Waals surface area contributed by atoms with Crippen molar-refractivity contribution in [3.63, 3.8) is 0 Å². The quantitative estimate of drug-likeness (QED) is 0.845. The maximum Gasteiger partial charge on any atom is 0.234 e. The van der Waals surface area contributed by atoms with E-state index in [-0.39, 0.29) is 18.5 Å². The first kappa shape index (κ1) is 13.8. The van der Waals surface area contributed by atoms with Crippen LogP contribution in [0.25, 0.3) is 0 Å². The highest BCUT2D eigenvalue weighted by atomic mass is 35.5. The van der Waals surface area contributed by atoms with Crippen molar-refractivity contribution in [1.29, 1.82) is 0 Å². The lowest BCUT2D eigenvalue weighted by Gasteiger charge is -2.15. The molecule has 0 spiro atoms. The zero-order valence-electron chi connectivity index (χ0n) is 10.00. The van der Waals surface area contributed by atoms with Crippen molar-refractivity contribution in [2.45, 2.75) is 19.9 Å². The van der Waals surface area contributed by atoms with E-state index in [4.69, 9.17) is 22.1 Å². The molecule has 0 bridgehead atoms. The third-order valence-corrected chi connectivity index (χ3v) is 2.61. The summed E-state index contributed by atoms with van der Waals surface area (Å²) in [5.41, 5.74) is 6.15. The average molecular weight is 257 g/mol. The Morgan fingerprint density at radius 3 is 2.82 bits per heavy atom. The molecule has 1 amide bonds. The van der Waals surface area contributed by atoms with Crippen molar-refractivity contribution in [2.24, 2.45) is 5.73 Å². The summed E-state index contributed by atoms with van der Waals surface area (Å²) in [6.07, 6.45) is 0. The summed E-state index contributed by atoms with van der Waals surface area (Å²) >= 11 is 6.06. The molecule has 4 nitrogen and oxygen atoms in total. The van der Waals surface area contributed by atoms with E-state index in [1.807, 2.05) is 19.9 Å². The Balaban J connectivity index is 2.78. The summed E-state index contributed by atoms with van der Waals surface area (Å²) in [5, 5.41) is 3.30. The number of nitrogens with two attached hydrogens (primary N) is 1. The molecule has 94 valence electrons. The van der Waals surface area contributed by atoms with Crippen molar-refractivity contribution in [2.75, 3.05) is 13.2 Å². The number of halogens is 1. The standard InChI is InChI=1S/C12H17ClN2O2/c1-3-17-11-5-4-9(6-10(11)13)8(2)15-12(16)7-14/h4-6,8H,3,7,14H2,1-2H3,(H,15,16). The molecule has 0 aliphatic heterocycles. The molecular weight excluding hydrogens is 240 g/mol. The van der Waals surface area contributed by atoms with Crippen LogP contribution in [0.2, 0.25) is 5.02 Å². The highest BCUT2D eigenvalue weighted by Gasteiger charge is 2.10.